The Morgan fingerprint density at radius 3 is 2.17 bits per heavy atom. The molecule has 0 saturated carbocycles. The third-order valence-corrected chi connectivity index (χ3v) is 4.10. The first-order valence-electron chi connectivity index (χ1n) is 8.21. The number of hydrogen-bond donors (Lipinski definition) is 2. The summed E-state index contributed by atoms with van der Waals surface area (Å²) in [5.74, 6) is -0.580. The topological polar surface area (TPSA) is 58.2 Å². The Morgan fingerprint density at radius 1 is 0.958 bits per heavy atom. The predicted molar refractivity (Wildman–Crippen MR) is 97.0 cm³/mol. The van der Waals surface area contributed by atoms with Crippen LogP contribution in [-0.4, -0.2) is 18.4 Å². The van der Waals surface area contributed by atoms with E-state index < -0.39 is 0 Å². The number of nitrogens with one attached hydrogen (secondary N) is 2. The van der Waals surface area contributed by atoms with E-state index >= 15 is 0 Å². The van der Waals surface area contributed by atoms with Crippen molar-refractivity contribution in [3.63, 3.8) is 0 Å². The van der Waals surface area contributed by atoms with Crippen molar-refractivity contribution in [3.8, 4) is 0 Å². The molecule has 1 atom stereocenters. The molecule has 4 nitrogen and oxygen atoms in total. The molecule has 2 aromatic rings. The molecule has 1 unspecified atom stereocenters. The highest BCUT2D eigenvalue weighted by molar-refractivity contribution is 5.96. The van der Waals surface area contributed by atoms with E-state index in [1.807, 2.05) is 69.3 Å². The van der Waals surface area contributed by atoms with Gasteiger partial charge in [-0.1, -0.05) is 55.5 Å². The molecule has 0 aliphatic rings. The molecule has 0 aliphatic carbocycles. The largest absolute Gasteiger partial charge is 0.346 e. The van der Waals surface area contributed by atoms with Crippen LogP contribution in [0.2, 0.25) is 0 Å². The van der Waals surface area contributed by atoms with Gasteiger partial charge >= 0.3 is 0 Å². The number of aryl methyl sites for hydroxylation is 2. The van der Waals surface area contributed by atoms with E-state index in [0.29, 0.717) is 6.42 Å². The van der Waals surface area contributed by atoms with Gasteiger partial charge in [0.25, 0.3) is 0 Å². The highest BCUT2D eigenvalue weighted by atomic mass is 16.2. The van der Waals surface area contributed by atoms with Crippen LogP contribution in [-0.2, 0) is 9.59 Å². The molecule has 4 heteroatoms. The lowest BCUT2D eigenvalue weighted by atomic mass is 9.96. The maximum absolute atomic E-state index is 12.4. The van der Waals surface area contributed by atoms with E-state index in [-0.39, 0.29) is 24.3 Å². The maximum atomic E-state index is 12.4. The second kappa shape index (κ2) is 8.29. The molecule has 0 aliphatic heterocycles. The first kappa shape index (κ1) is 17.7. The van der Waals surface area contributed by atoms with Gasteiger partial charge in [0.15, 0.2) is 0 Å². The lowest BCUT2D eigenvalue weighted by Crippen LogP contribution is -2.36. The van der Waals surface area contributed by atoms with Crippen molar-refractivity contribution in [2.75, 3.05) is 11.9 Å². The molecule has 0 bridgehead atoms. The number of amides is 2. The second-order valence-corrected chi connectivity index (χ2v) is 5.90. The summed E-state index contributed by atoms with van der Waals surface area (Å²) in [7, 11) is 0. The Kier molecular flexibility index (Phi) is 6.13. The van der Waals surface area contributed by atoms with Crippen LogP contribution < -0.4 is 10.6 Å². The third-order valence-electron chi connectivity index (χ3n) is 4.10. The van der Waals surface area contributed by atoms with Crippen molar-refractivity contribution in [1.29, 1.82) is 0 Å². The minimum Gasteiger partial charge on any atom is -0.346 e. The number of para-hydroxylation sites is 1. The van der Waals surface area contributed by atoms with Crippen molar-refractivity contribution < 1.29 is 9.59 Å². The van der Waals surface area contributed by atoms with Crippen LogP contribution in [0.3, 0.4) is 0 Å². The Bertz CT molecular complexity index is 691. The molecule has 0 aromatic heterocycles. The number of rotatable bonds is 6. The van der Waals surface area contributed by atoms with E-state index in [4.69, 9.17) is 0 Å². The molecule has 0 spiro atoms. The van der Waals surface area contributed by atoms with E-state index in [1.54, 1.807) is 0 Å². The molecular weight excluding hydrogens is 300 g/mol. The van der Waals surface area contributed by atoms with Crippen molar-refractivity contribution in [2.45, 2.75) is 33.1 Å². The number of anilines is 1. The Hall–Kier alpha value is -2.62. The van der Waals surface area contributed by atoms with Gasteiger partial charge < -0.3 is 10.6 Å². The third kappa shape index (κ3) is 4.44. The molecule has 0 radical (unpaired) electrons. The number of hydrogen-bond acceptors (Lipinski definition) is 2. The van der Waals surface area contributed by atoms with E-state index in [9.17, 15) is 9.59 Å². The summed E-state index contributed by atoms with van der Waals surface area (Å²) < 4.78 is 0. The average Bonchev–Trinajstić information content (AvgIpc) is 2.58. The van der Waals surface area contributed by atoms with Crippen molar-refractivity contribution in [2.24, 2.45) is 0 Å². The lowest BCUT2D eigenvalue weighted by Gasteiger charge is -2.16. The highest BCUT2D eigenvalue weighted by Gasteiger charge is 2.19. The van der Waals surface area contributed by atoms with Gasteiger partial charge in [-0.3, -0.25) is 9.59 Å². The monoisotopic (exact) mass is 324 g/mol. The van der Waals surface area contributed by atoms with Gasteiger partial charge in [0, 0.05) is 5.69 Å². The van der Waals surface area contributed by atoms with Crippen molar-refractivity contribution >= 4 is 17.5 Å². The van der Waals surface area contributed by atoms with Crippen LogP contribution in [0.5, 0.6) is 0 Å². The molecular formula is C20H24N2O2. The fraction of sp³-hybridized carbons (Fsp3) is 0.300. The average molecular weight is 324 g/mol. The molecule has 24 heavy (non-hydrogen) atoms. The van der Waals surface area contributed by atoms with Gasteiger partial charge in [-0.15, -0.1) is 0 Å². The summed E-state index contributed by atoms with van der Waals surface area (Å²) in [6.07, 6.45) is 0.689. The zero-order chi connectivity index (χ0) is 17.5. The fourth-order valence-corrected chi connectivity index (χ4v) is 2.74. The zero-order valence-electron chi connectivity index (χ0n) is 14.4. The van der Waals surface area contributed by atoms with Crippen LogP contribution in [0.15, 0.2) is 48.5 Å². The summed E-state index contributed by atoms with van der Waals surface area (Å²) >= 11 is 0. The van der Waals surface area contributed by atoms with E-state index in [2.05, 4.69) is 10.6 Å². The van der Waals surface area contributed by atoms with Crippen LogP contribution in [0.1, 0.15) is 36.0 Å². The van der Waals surface area contributed by atoms with Crippen LogP contribution in [0, 0.1) is 13.8 Å². The molecule has 2 rings (SSSR count). The Morgan fingerprint density at radius 2 is 1.58 bits per heavy atom. The second-order valence-electron chi connectivity index (χ2n) is 5.90. The minimum absolute atomic E-state index is 0.0318. The molecule has 2 N–H and O–H groups in total. The Labute approximate surface area is 143 Å². The van der Waals surface area contributed by atoms with Gasteiger partial charge in [-0.05, 0) is 37.0 Å². The van der Waals surface area contributed by atoms with Crippen LogP contribution in [0.4, 0.5) is 5.69 Å². The van der Waals surface area contributed by atoms with E-state index in [0.717, 1.165) is 22.4 Å². The molecule has 0 saturated heterocycles. The summed E-state index contributed by atoms with van der Waals surface area (Å²) in [5.41, 5.74) is 3.79. The first-order valence-corrected chi connectivity index (χ1v) is 8.21. The summed E-state index contributed by atoms with van der Waals surface area (Å²) in [4.78, 5) is 24.5. The van der Waals surface area contributed by atoms with Gasteiger partial charge in [-0.25, -0.2) is 0 Å². The lowest BCUT2D eigenvalue weighted by molar-refractivity contribution is -0.125. The van der Waals surface area contributed by atoms with Gasteiger partial charge in [0.1, 0.15) is 0 Å². The molecule has 2 amide bonds. The Balaban J connectivity index is 1.94. The normalized spacial score (nSPS) is 11.6. The molecule has 0 heterocycles. The summed E-state index contributed by atoms with van der Waals surface area (Å²) in [6.45, 7) is 5.83. The van der Waals surface area contributed by atoms with E-state index in [1.165, 1.54) is 0 Å². The van der Waals surface area contributed by atoms with Gasteiger partial charge in [0.2, 0.25) is 11.8 Å². The number of carbonyl (C=O) groups excluding carboxylic acids is 2. The minimum atomic E-state index is -0.237. The quantitative estimate of drug-likeness (QED) is 0.853. The molecule has 0 fully saturated rings. The molecule has 126 valence electrons. The first-order chi connectivity index (χ1) is 11.5. The zero-order valence-corrected chi connectivity index (χ0v) is 14.4. The van der Waals surface area contributed by atoms with Gasteiger partial charge in [-0.2, -0.15) is 0 Å². The smallest absolute Gasteiger partial charge is 0.243 e. The summed E-state index contributed by atoms with van der Waals surface area (Å²) in [5, 5.41) is 5.62. The fourth-order valence-electron chi connectivity index (χ4n) is 2.74. The van der Waals surface area contributed by atoms with Crippen molar-refractivity contribution in [1.82, 2.24) is 5.32 Å². The van der Waals surface area contributed by atoms with Gasteiger partial charge in [0.05, 0.1) is 12.5 Å². The number of benzene rings is 2. The van der Waals surface area contributed by atoms with Crippen LogP contribution >= 0.6 is 0 Å². The molecule has 2 aromatic carbocycles. The van der Waals surface area contributed by atoms with Crippen molar-refractivity contribution in [3.05, 3.63) is 65.2 Å². The van der Waals surface area contributed by atoms with Crippen LogP contribution in [0.25, 0.3) is 0 Å². The number of carbonyl (C=O) groups is 2. The standard InChI is InChI=1S/C20H24N2O2/c1-4-17(16-11-6-5-7-12-16)20(24)21-13-18(23)22-19-14(2)9-8-10-15(19)3/h5-12,17H,4,13H2,1-3H3,(H,21,24)(H,22,23). The maximum Gasteiger partial charge on any atom is 0.243 e. The SMILES string of the molecule is CCC(C(=O)NCC(=O)Nc1c(C)cccc1C)c1ccccc1. The summed E-state index contributed by atoms with van der Waals surface area (Å²) in [6, 6.07) is 15.5. The highest BCUT2D eigenvalue weighted by Crippen LogP contribution is 2.20. The predicted octanol–water partition coefficient (Wildman–Crippen LogP) is 3.55.